The monoisotopic (exact) mass is 303 g/mol. The summed E-state index contributed by atoms with van der Waals surface area (Å²) in [6.45, 7) is 3.46. The predicted molar refractivity (Wildman–Crippen MR) is 84.0 cm³/mol. The normalized spacial score (nSPS) is 33.8. The molecule has 4 rings (SSSR count). The molecule has 2 aliphatic carbocycles. The second kappa shape index (κ2) is 5.54. The van der Waals surface area contributed by atoms with Crippen molar-refractivity contribution in [2.75, 3.05) is 31.1 Å². The first-order valence-electron chi connectivity index (χ1n) is 8.23. The van der Waals surface area contributed by atoms with E-state index in [1.165, 1.54) is 25.3 Å². The van der Waals surface area contributed by atoms with E-state index in [1.54, 1.807) is 6.07 Å². The molecule has 0 radical (unpaired) electrons. The first kappa shape index (κ1) is 14.0. The Labute approximate surface area is 130 Å². The van der Waals surface area contributed by atoms with Crippen molar-refractivity contribution < 1.29 is 9.60 Å². The van der Waals surface area contributed by atoms with Gasteiger partial charge < -0.3 is 10.1 Å². The van der Waals surface area contributed by atoms with E-state index in [0.717, 1.165) is 31.9 Å². The molecule has 1 aromatic rings. The van der Waals surface area contributed by atoms with E-state index in [2.05, 4.69) is 15.0 Å². The Bertz CT molecular complexity index is 583. The number of hydrogen-bond donors (Lipinski definition) is 1. The molecule has 22 heavy (non-hydrogen) atoms. The van der Waals surface area contributed by atoms with Crippen LogP contribution >= 0.6 is 0 Å². The van der Waals surface area contributed by atoms with Gasteiger partial charge in [-0.05, 0) is 37.3 Å². The fourth-order valence-corrected chi connectivity index (χ4v) is 4.63. The van der Waals surface area contributed by atoms with Gasteiger partial charge in [0, 0.05) is 32.1 Å². The van der Waals surface area contributed by atoms with Crippen molar-refractivity contribution in [1.29, 1.82) is 0 Å². The van der Waals surface area contributed by atoms with Crippen LogP contribution in [0, 0.1) is 17.7 Å². The molecule has 0 unspecified atom stereocenters. The van der Waals surface area contributed by atoms with Crippen molar-refractivity contribution in [3.8, 4) is 0 Å². The van der Waals surface area contributed by atoms with Crippen LogP contribution < -0.4 is 4.90 Å². The predicted octanol–water partition coefficient (Wildman–Crippen LogP) is 2.58. The van der Waals surface area contributed by atoms with Crippen LogP contribution in [-0.2, 0) is 0 Å². The molecule has 4 nitrogen and oxygen atoms in total. The standard InChI is InChI=1S/C17H22FN3O/c18-14-3-1-2-4-15(14)20-7-9-21(10-8-20)17-13-6-5-12(11-13)16(17)19-22/h1-4,12-13,17,22H,5-11H2/b19-16-/t12-,13-,17+/m0/s1. The Morgan fingerprint density at radius 2 is 1.86 bits per heavy atom. The lowest BCUT2D eigenvalue weighted by Crippen LogP contribution is -2.54. The number of nitrogens with zero attached hydrogens (tertiary/aromatic N) is 3. The number of rotatable bonds is 2. The molecule has 3 fully saturated rings. The third-order valence-electron chi connectivity index (χ3n) is 5.66. The van der Waals surface area contributed by atoms with Gasteiger partial charge in [0.2, 0.25) is 0 Å². The minimum absolute atomic E-state index is 0.145. The topological polar surface area (TPSA) is 39.1 Å². The molecule has 0 amide bonds. The van der Waals surface area contributed by atoms with Crippen LogP contribution in [0.2, 0.25) is 0 Å². The minimum atomic E-state index is -0.145. The Kier molecular flexibility index (Phi) is 3.53. The molecule has 118 valence electrons. The number of benzene rings is 1. The summed E-state index contributed by atoms with van der Waals surface area (Å²) in [5.74, 6) is 0.994. The van der Waals surface area contributed by atoms with E-state index in [9.17, 15) is 9.60 Å². The lowest BCUT2D eigenvalue weighted by Gasteiger charge is -2.41. The highest BCUT2D eigenvalue weighted by Gasteiger charge is 2.48. The van der Waals surface area contributed by atoms with E-state index in [0.29, 0.717) is 23.6 Å². The zero-order valence-electron chi connectivity index (χ0n) is 12.7. The van der Waals surface area contributed by atoms with Crippen molar-refractivity contribution in [2.45, 2.75) is 25.3 Å². The Balaban J connectivity index is 1.45. The lowest BCUT2D eigenvalue weighted by atomic mass is 9.91. The summed E-state index contributed by atoms with van der Waals surface area (Å²) in [4.78, 5) is 4.56. The Hall–Kier alpha value is -1.62. The molecule has 1 aliphatic heterocycles. The van der Waals surface area contributed by atoms with Crippen LogP contribution in [0.3, 0.4) is 0 Å². The smallest absolute Gasteiger partial charge is 0.146 e. The molecule has 2 saturated carbocycles. The molecule has 1 heterocycles. The van der Waals surface area contributed by atoms with Gasteiger partial charge in [0.25, 0.3) is 0 Å². The molecule has 1 saturated heterocycles. The van der Waals surface area contributed by atoms with Gasteiger partial charge >= 0.3 is 0 Å². The number of halogens is 1. The first-order valence-corrected chi connectivity index (χ1v) is 8.23. The molecule has 2 bridgehead atoms. The van der Waals surface area contributed by atoms with Crippen molar-refractivity contribution >= 4 is 11.4 Å². The van der Waals surface area contributed by atoms with Crippen LogP contribution in [0.25, 0.3) is 0 Å². The maximum atomic E-state index is 13.9. The molecule has 1 N–H and O–H groups in total. The Morgan fingerprint density at radius 1 is 1.09 bits per heavy atom. The highest BCUT2D eigenvalue weighted by Crippen LogP contribution is 2.45. The van der Waals surface area contributed by atoms with Gasteiger partial charge in [-0.1, -0.05) is 17.3 Å². The minimum Gasteiger partial charge on any atom is -0.411 e. The van der Waals surface area contributed by atoms with E-state index in [4.69, 9.17) is 0 Å². The zero-order valence-corrected chi connectivity index (χ0v) is 12.7. The summed E-state index contributed by atoms with van der Waals surface area (Å²) in [6.07, 6.45) is 3.61. The number of anilines is 1. The zero-order chi connectivity index (χ0) is 15.1. The number of para-hydroxylation sites is 1. The fourth-order valence-electron chi connectivity index (χ4n) is 4.63. The van der Waals surface area contributed by atoms with Crippen LogP contribution in [0.5, 0.6) is 0 Å². The van der Waals surface area contributed by atoms with Crippen molar-refractivity contribution in [3.63, 3.8) is 0 Å². The highest BCUT2D eigenvalue weighted by molar-refractivity contribution is 5.94. The molecular weight excluding hydrogens is 281 g/mol. The van der Waals surface area contributed by atoms with E-state index >= 15 is 0 Å². The molecule has 0 aromatic heterocycles. The van der Waals surface area contributed by atoms with Crippen molar-refractivity contribution in [3.05, 3.63) is 30.1 Å². The van der Waals surface area contributed by atoms with Gasteiger partial charge in [-0.15, -0.1) is 0 Å². The van der Waals surface area contributed by atoms with Crippen LogP contribution in [-0.4, -0.2) is 48.0 Å². The molecule has 3 atom stereocenters. The number of piperazine rings is 1. The van der Waals surface area contributed by atoms with Gasteiger partial charge in [0.1, 0.15) is 5.82 Å². The van der Waals surface area contributed by atoms with E-state index < -0.39 is 0 Å². The van der Waals surface area contributed by atoms with Gasteiger partial charge in [-0.25, -0.2) is 4.39 Å². The number of oxime groups is 1. The van der Waals surface area contributed by atoms with Gasteiger partial charge in [-0.3, -0.25) is 4.90 Å². The SMILES string of the molecule is O/N=C1/[C@H]2CC[C@@H](C2)[C@H]1N1CCN(c2ccccc2F)CC1. The average Bonchev–Trinajstić information content (AvgIpc) is 3.16. The lowest BCUT2D eigenvalue weighted by molar-refractivity contribution is 0.181. The Morgan fingerprint density at radius 3 is 2.59 bits per heavy atom. The molecule has 5 heteroatoms. The summed E-state index contributed by atoms with van der Waals surface area (Å²) in [6, 6.07) is 7.30. The third kappa shape index (κ3) is 2.19. The number of fused-ring (bicyclic) bond motifs is 2. The maximum absolute atomic E-state index is 13.9. The summed E-state index contributed by atoms with van der Waals surface area (Å²) < 4.78 is 13.9. The molecular formula is C17H22FN3O. The van der Waals surface area contributed by atoms with Gasteiger partial charge in [-0.2, -0.15) is 0 Å². The van der Waals surface area contributed by atoms with E-state index in [-0.39, 0.29) is 5.82 Å². The maximum Gasteiger partial charge on any atom is 0.146 e. The third-order valence-corrected chi connectivity index (χ3v) is 5.66. The summed E-state index contributed by atoms with van der Waals surface area (Å²) in [5.41, 5.74) is 1.70. The van der Waals surface area contributed by atoms with Gasteiger partial charge in [0.15, 0.2) is 0 Å². The van der Waals surface area contributed by atoms with Gasteiger partial charge in [0.05, 0.1) is 17.4 Å². The molecule has 1 aromatic carbocycles. The summed E-state index contributed by atoms with van der Waals surface area (Å²) in [5, 5.41) is 13.0. The second-order valence-corrected chi connectivity index (χ2v) is 6.71. The first-order chi connectivity index (χ1) is 10.8. The highest BCUT2D eigenvalue weighted by atomic mass is 19.1. The van der Waals surface area contributed by atoms with E-state index in [1.807, 2.05) is 12.1 Å². The quantitative estimate of drug-likeness (QED) is 0.674. The van der Waals surface area contributed by atoms with Crippen LogP contribution in [0.4, 0.5) is 10.1 Å². The number of hydrogen-bond acceptors (Lipinski definition) is 4. The van der Waals surface area contributed by atoms with Crippen molar-refractivity contribution in [2.24, 2.45) is 17.0 Å². The van der Waals surface area contributed by atoms with Crippen LogP contribution in [0.15, 0.2) is 29.4 Å². The fraction of sp³-hybridized carbons (Fsp3) is 0.588. The van der Waals surface area contributed by atoms with Crippen molar-refractivity contribution in [1.82, 2.24) is 4.90 Å². The average molecular weight is 303 g/mol. The second-order valence-electron chi connectivity index (χ2n) is 6.71. The van der Waals surface area contributed by atoms with Crippen LogP contribution in [0.1, 0.15) is 19.3 Å². The molecule has 0 spiro atoms. The summed E-state index contributed by atoms with van der Waals surface area (Å²) in [7, 11) is 0. The summed E-state index contributed by atoms with van der Waals surface area (Å²) >= 11 is 0. The largest absolute Gasteiger partial charge is 0.411 e. The molecule has 3 aliphatic rings.